The van der Waals surface area contributed by atoms with Gasteiger partial charge in [-0.3, -0.25) is 0 Å². The Hall–Kier alpha value is -0.310. The molecule has 1 aromatic rings. The fourth-order valence-corrected chi connectivity index (χ4v) is 10.0. The Labute approximate surface area is 188 Å². The van der Waals surface area contributed by atoms with Gasteiger partial charge in [-0.15, -0.1) is 0 Å². The molecule has 5 nitrogen and oxygen atoms in total. The molecule has 0 aromatic heterocycles. The fraction of sp³-hybridized carbons (Fsp3) is 0.556. The van der Waals surface area contributed by atoms with Crippen molar-refractivity contribution in [2.24, 2.45) is 0 Å². The van der Waals surface area contributed by atoms with Gasteiger partial charge in [-0.1, -0.05) is 68.5 Å². The van der Waals surface area contributed by atoms with Gasteiger partial charge in [-0.2, -0.15) is 4.08 Å². The zero-order valence-corrected chi connectivity index (χ0v) is 21.1. The van der Waals surface area contributed by atoms with Crippen LogP contribution in [0.15, 0.2) is 30.3 Å². The second kappa shape index (κ2) is 13.8. The van der Waals surface area contributed by atoms with Crippen molar-refractivity contribution in [2.75, 3.05) is 26.4 Å². The monoisotopic (exact) mass is 479 g/mol. The van der Waals surface area contributed by atoms with Crippen molar-refractivity contribution in [1.29, 1.82) is 0 Å². The molecule has 0 radical (unpaired) electrons. The Balaban J connectivity index is 2.86. The van der Waals surface area contributed by atoms with Gasteiger partial charge in [-0.25, -0.2) is 9.10 Å². The van der Waals surface area contributed by atoms with Gasteiger partial charge in [0.05, 0.1) is 17.6 Å². The number of amides is 1. The minimum atomic E-state index is -2.17. The van der Waals surface area contributed by atoms with Crippen molar-refractivity contribution in [3.05, 3.63) is 30.3 Å². The van der Waals surface area contributed by atoms with Crippen LogP contribution in [0.2, 0.25) is 0 Å². The number of hydrogen-bond donors (Lipinski definition) is 0. The SMILES string of the molecule is CCCCCSP(=S)(N(C)C=S)N(C)SN(CCC)C(=O)Oc1ccccc1. The summed E-state index contributed by atoms with van der Waals surface area (Å²) in [6, 6.07) is 9.10. The number of nitrogens with zero attached hydrogens (tertiary/aromatic N) is 3. The molecule has 0 fully saturated rings. The number of carbonyl (C=O) groups is 1. The lowest BCUT2D eigenvalue weighted by Gasteiger charge is -2.37. The van der Waals surface area contributed by atoms with E-state index in [9.17, 15) is 4.79 Å². The standard InChI is InChI=1S/C18H30N3O2PS4/c1-5-7-11-15-27-24(26,19(3)16-25)20(4)28-21(14-6-2)18(22)23-17-12-9-8-10-13-17/h8-10,12-13,16H,5-7,11,14-15H2,1-4H3. The number of carbonyl (C=O) groups excluding carboxylic acids is 1. The van der Waals surface area contributed by atoms with Crippen molar-refractivity contribution in [3.8, 4) is 5.75 Å². The smallest absolute Gasteiger partial charge is 0.410 e. The molecule has 0 N–H and O–H groups in total. The van der Waals surface area contributed by atoms with E-state index in [1.54, 1.807) is 33.3 Å². The Morgan fingerprint density at radius 1 is 1.18 bits per heavy atom. The number of thiocarbonyl (C=S) groups is 1. The summed E-state index contributed by atoms with van der Waals surface area (Å²) >= 11 is 14.3. The number of hydrogen-bond acceptors (Lipinski definition) is 6. The highest BCUT2D eigenvalue weighted by Crippen LogP contribution is 2.65. The zero-order chi connectivity index (χ0) is 21.0. The third-order valence-corrected chi connectivity index (χ3v) is 14.4. The van der Waals surface area contributed by atoms with Crippen molar-refractivity contribution in [2.45, 2.75) is 39.5 Å². The third kappa shape index (κ3) is 8.20. The molecule has 0 aliphatic heterocycles. The molecular weight excluding hydrogens is 449 g/mol. The van der Waals surface area contributed by atoms with E-state index in [1.807, 2.05) is 48.0 Å². The quantitative estimate of drug-likeness (QED) is 0.139. The largest absolute Gasteiger partial charge is 0.426 e. The summed E-state index contributed by atoms with van der Waals surface area (Å²) in [5, 5.41) is 0. The van der Waals surface area contributed by atoms with E-state index in [2.05, 4.69) is 6.92 Å². The van der Waals surface area contributed by atoms with Gasteiger partial charge in [-0.05, 0) is 36.8 Å². The molecule has 1 unspecified atom stereocenters. The van der Waals surface area contributed by atoms with E-state index in [0.717, 1.165) is 18.6 Å². The molecule has 0 spiro atoms. The molecule has 0 aliphatic carbocycles. The van der Waals surface area contributed by atoms with Gasteiger partial charge in [0, 0.05) is 26.4 Å². The summed E-state index contributed by atoms with van der Waals surface area (Å²) in [5.41, 5.74) is -0.563. The summed E-state index contributed by atoms with van der Waals surface area (Å²) in [6.45, 7) is 4.78. The molecule has 1 aromatic carbocycles. The average Bonchev–Trinajstić information content (AvgIpc) is 2.70. The van der Waals surface area contributed by atoms with Gasteiger partial charge in [0.25, 0.3) is 0 Å². The van der Waals surface area contributed by atoms with Crippen LogP contribution in [0.1, 0.15) is 39.5 Å². The highest BCUT2D eigenvalue weighted by molar-refractivity contribution is 8.70. The maximum Gasteiger partial charge on any atom is 0.426 e. The number of benzene rings is 1. The maximum atomic E-state index is 12.7. The Kier molecular flexibility index (Phi) is 12.7. The van der Waals surface area contributed by atoms with Crippen molar-refractivity contribution < 1.29 is 9.53 Å². The second-order valence-corrected chi connectivity index (χ2v) is 15.1. The molecule has 158 valence electrons. The molecule has 0 saturated heterocycles. The molecular formula is C18H30N3O2PS4. The van der Waals surface area contributed by atoms with Crippen molar-refractivity contribution in [1.82, 2.24) is 13.1 Å². The molecule has 0 heterocycles. The van der Waals surface area contributed by atoms with Crippen LogP contribution in [-0.4, -0.2) is 51.0 Å². The first-order chi connectivity index (χ1) is 13.4. The Morgan fingerprint density at radius 3 is 2.43 bits per heavy atom. The maximum absolute atomic E-state index is 12.7. The van der Waals surface area contributed by atoms with Gasteiger partial charge < -0.3 is 9.41 Å². The lowest BCUT2D eigenvalue weighted by Crippen LogP contribution is -2.32. The van der Waals surface area contributed by atoms with Crippen LogP contribution in [0, 0.1) is 0 Å². The minimum absolute atomic E-state index is 0.396. The predicted octanol–water partition coefficient (Wildman–Crippen LogP) is 6.43. The molecule has 10 heteroatoms. The van der Waals surface area contributed by atoms with E-state index in [4.69, 9.17) is 28.8 Å². The number of para-hydroxylation sites is 1. The van der Waals surface area contributed by atoms with Crippen LogP contribution >= 0.6 is 41.3 Å². The fourth-order valence-electron chi connectivity index (χ4n) is 2.16. The summed E-state index contributed by atoms with van der Waals surface area (Å²) in [4.78, 5) is 12.7. The molecule has 0 aliphatic rings. The number of ether oxygens (including phenoxy) is 1. The van der Waals surface area contributed by atoms with E-state index in [-0.39, 0.29) is 0 Å². The van der Waals surface area contributed by atoms with E-state index < -0.39 is 11.6 Å². The highest BCUT2D eigenvalue weighted by atomic mass is 32.9. The summed E-state index contributed by atoms with van der Waals surface area (Å²) < 4.78 is 11.1. The molecule has 1 amide bonds. The number of rotatable bonds is 13. The summed E-state index contributed by atoms with van der Waals surface area (Å²) in [6.07, 6.45) is 3.91. The molecule has 1 atom stereocenters. The topological polar surface area (TPSA) is 36.0 Å². The normalized spacial score (nSPS) is 13.0. The third-order valence-electron chi connectivity index (χ3n) is 3.71. The average molecular weight is 480 g/mol. The van der Waals surface area contributed by atoms with Crippen LogP contribution < -0.4 is 4.74 Å². The zero-order valence-electron chi connectivity index (χ0n) is 16.9. The Bertz CT molecular complexity index is 651. The van der Waals surface area contributed by atoms with Crippen molar-refractivity contribution in [3.63, 3.8) is 0 Å². The molecule has 0 saturated carbocycles. The molecule has 1 rings (SSSR count). The van der Waals surface area contributed by atoms with Crippen LogP contribution in [0.5, 0.6) is 5.75 Å². The lowest BCUT2D eigenvalue weighted by atomic mass is 10.3. The van der Waals surface area contributed by atoms with Gasteiger partial charge in [0.1, 0.15) is 5.75 Å². The van der Waals surface area contributed by atoms with E-state index >= 15 is 0 Å². The van der Waals surface area contributed by atoms with Crippen LogP contribution in [-0.2, 0) is 11.8 Å². The van der Waals surface area contributed by atoms with Gasteiger partial charge >= 0.3 is 6.09 Å². The van der Waals surface area contributed by atoms with E-state index in [1.165, 1.54) is 25.0 Å². The lowest BCUT2D eigenvalue weighted by molar-refractivity contribution is 0.181. The Morgan fingerprint density at radius 2 is 1.86 bits per heavy atom. The van der Waals surface area contributed by atoms with Crippen LogP contribution in [0.4, 0.5) is 4.79 Å². The summed E-state index contributed by atoms with van der Waals surface area (Å²) in [5.74, 6) is 1.51. The predicted molar refractivity (Wildman–Crippen MR) is 133 cm³/mol. The van der Waals surface area contributed by atoms with Crippen LogP contribution in [0.25, 0.3) is 0 Å². The van der Waals surface area contributed by atoms with Crippen LogP contribution in [0.3, 0.4) is 0 Å². The molecule has 28 heavy (non-hydrogen) atoms. The summed E-state index contributed by atoms with van der Waals surface area (Å²) in [7, 11) is 3.86. The highest BCUT2D eigenvalue weighted by Gasteiger charge is 2.31. The first-order valence-electron chi connectivity index (χ1n) is 9.28. The van der Waals surface area contributed by atoms with Gasteiger partial charge in [0.2, 0.25) is 0 Å². The molecule has 0 bridgehead atoms. The first-order valence-corrected chi connectivity index (χ1v) is 14.8. The van der Waals surface area contributed by atoms with E-state index in [0.29, 0.717) is 12.3 Å². The first kappa shape index (κ1) is 25.7. The number of unbranched alkanes of at least 4 members (excludes halogenated alkanes) is 2. The minimum Gasteiger partial charge on any atom is -0.410 e. The van der Waals surface area contributed by atoms with Crippen molar-refractivity contribution >= 4 is 64.7 Å². The second-order valence-electron chi connectivity index (χ2n) is 6.04. The van der Waals surface area contributed by atoms with Gasteiger partial charge in [0.15, 0.2) is 5.54 Å².